The number of hydrogen-bond donors (Lipinski definition) is 1. The first kappa shape index (κ1) is 27.9. The highest BCUT2D eigenvalue weighted by Gasteiger charge is 2.41. The highest BCUT2D eigenvalue weighted by molar-refractivity contribution is 6.51. The van der Waals surface area contributed by atoms with Gasteiger partial charge in [0.25, 0.3) is 0 Å². The number of benzene rings is 4. The lowest BCUT2D eigenvalue weighted by Crippen LogP contribution is -2.46. The Kier molecular flexibility index (Phi) is 7.01. The SMILES string of the molecule is COC(=O)c1ccc([C@H]2c3c(C)nn(-c4ccccc4)c3N=C3C(Nc4ccc(OC)cc4OC)=Nc4ccccc4N32)cc1. The third kappa shape index (κ3) is 4.76. The predicted molar refractivity (Wildman–Crippen MR) is 174 cm³/mol. The van der Waals surface area contributed by atoms with E-state index in [9.17, 15) is 4.79 Å². The van der Waals surface area contributed by atoms with Gasteiger partial charge >= 0.3 is 5.97 Å². The fourth-order valence-electron chi connectivity index (χ4n) is 5.81. The number of nitrogens with one attached hydrogen (secondary N) is 1. The largest absolute Gasteiger partial charge is 0.497 e. The molecular formula is C35H30N6O4. The highest BCUT2D eigenvalue weighted by atomic mass is 16.5. The Morgan fingerprint density at radius 1 is 0.844 bits per heavy atom. The minimum atomic E-state index is -0.392. The van der Waals surface area contributed by atoms with E-state index in [4.69, 9.17) is 29.3 Å². The van der Waals surface area contributed by atoms with Crippen LogP contribution < -0.4 is 19.7 Å². The number of fused-ring (bicyclic) bond motifs is 4. The van der Waals surface area contributed by atoms with Crippen molar-refractivity contribution in [2.45, 2.75) is 13.0 Å². The average Bonchev–Trinajstić information content (AvgIpc) is 3.43. The topological polar surface area (TPSA) is 103 Å². The zero-order valence-electron chi connectivity index (χ0n) is 25.2. The monoisotopic (exact) mass is 598 g/mol. The second-order valence-electron chi connectivity index (χ2n) is 10.5. The number of carbonyl (C=O) groups excluding carboxylic acids is 1. The number of amidine groups is 2. The van der Waals surface area contributed by atoms with Crippen molar-refractivity contribution < 1.29 is 19.0 Å². The number of methoxy groups -OCH3 is 3. The van der Waals surface area contributed by atoms with Crippen LogP contribution in [0.5, 0.6) is 11.5 Å². The van der Waals surface area contributed by atoms with Gasteiger partial charge in [-0.1, -0.05) is 42.5 Å². The maximum absolute atomic E-state index is 12.3. The van der Waals surface area contributed by atoms with Gasteiger partial charge in [-0.05, 0) is 61.0 Å². The molecule has 2 aliphatic heterocycles. The number of ether oxygens (including phenoxy) is 3. The normalized spacial score (nSPS) is 14.8. The quantitative estimate of drug-likeness (QED) is 0.215. The van der Waals surface area contributed by atoms with Gasteiger partial charge in [-0.15, -0.1) is 0 Å². The maximum atomic E-state index is 12.3. The Bertz CT molecular complexity index is 1980. The molecule has 224 valence electrons. The van der Waals surface area contributed by atoms with E-state index in [0.717, 1.165) is 33.9 Å². The molecule has 0 radical (unpaired) electrons. The standard InChI is InChI=1S/C35H30N6O4/c1-21-30-31(22-14-16-23(17-15-22)35(42)45-4)40-28-13-9-8-12-26(28)36-32(37-27-19-18-25(43-2)20-29(27)44-3)34(40)38-33(30)41(39-21)24-10-6-5-7-11-24/h5-20,31H,1-4H3,(H,36,37)/t31-/m0/s1. The zero-order valence-corrected chi connectivity index (χ0v) is 25.2. The molecule has 2 aliphatic rings. The van der Waals surface area contributed by atoms with Crippen LogP contribution in [0.2, 0.25) is 0 Å². The van der Waals surface area contributed by atoms with Gasteiger partial charge in [-0.3, -0.25) is 0 Å². The number of esters is 1. The van der Waals surface area contributed by atoms with Crippen LogP contribution in [0.15, 0.2) is 107 Å². The Balaban J connectivity index is 1.46. The van der Waals surface area contributed by atoms with Gasteiger partial charge in [0, 0.05) is 11.6 Å². The van der Waals surface area contributed by atoms with E-state index in [2.05, 4.69) is 10.2 Å². The Labute approximate surface area is 260 Å². The zero-order chi connectivity index (χ0) is 31.1. The molecule has 45 heavy (non-hydrogen) atoms. The van der Waals surface area contributed by atoms with Crippen molar-refractivity contribution in [2.24, 2.45) is 9.98 Å². The molecule has 1 aromatic heterocycles. The summed E-state index contributed by atoms with van der Waals surface area (Å²) in [6, 6.07) is 30.6. The van der Waals surface area contributed by atoms with E-state index in [1.165, 1.54) is 7.11 Å². The molecule has 0 unspecified atom stereocenters. The summed E-state index contributed by atoms with van der Waals surface area (Å²) in [5.74, 6) is 2.72. The van der Waals surface area contributed by atoms with Crippen molar-refractivity contribution in [1.29, 1.82) is 0 Å². The van der Waals surface area contributed by atoms with Gasteiger partial charge in [0.05, 0.1) is 61.4 Å². The minimum Gasteiger partial charge on any atom is -0.497 e. The number of aromatic nitrogens is 2. The number of aliphatic imine (C=N–C) groups is 2. The number of hydrogen-bond acceptors (Lipinski definition) is 9. The van der Waals surface area contributed by atoms with Crippen LogP contribution in [-0.2, 0) is 4.74 Å². The van der Waals surface area contributed by atoms with Crippen molar-refractivity contribution in [3.8, 4) is 17.2 Å². The molecule has 0 saturated carbocycles. The Morgan fingerprint density at radius 2 is 1.60 bits per heavy atom. The van der Waals surface area contributed by atoms with Crippen LogP contribution in [0.25, 0.3) is 5.69 Å². The molecule has 10 heteroatoms. The van der Waals surface area contributed by atoms with Crippen LogP contribution in [0.1, 0.15) is 33.2 Å². The summed E-state index contributed by atoms with van der Waals surface area (Å²) in [6.07, 6.45) is 0. The van der Waals surface area contributed by atoms with Crippen molar-refractivity contribution >= 4 is 40.5 Å². The summed E-state index contributed by atoms with van der Waals surface area (Å²) in [4.78, 5) is 24.8. The van der Waals surface area contributed by atoms with E-state index in [1.807, 2.05) is 96.5 Å². The molecule has 10 nitrogen and oxygen atoms in total. The third-order valence-corrected chi connectivity index (χ3v) is 7.95. The lowest BCUT2D eigenvalue weighted by atomic mass is 9.92. The molecule has 3 heterocycles. The molecule has 0 saturated heterocycles. The summed E-state index contributed by atoms with van der Waals surface area (Å²) >= 11 is 0. The summed E-state index contributed by atoms with van der Waals surface area (Å²) < 4.78 is 17.9. The number of aryl methyl sites for hydroxylation is 1. The van der Waals surface area contributed by atoms with Crippen LogP contribution in [0, 0.1) is 6.92 Å². The number of carbonyl (C=O) groups is 1. The second kappa shape index (κ2) is 11.3. The van der Waals surface area contributed by atoms with Crippen LogP contribution >= 0.6 is 0 Å². The maximum Gasteiger partial charge on any atom is 0.337 e. The van der Waals surface area contributed by atoms with Gasteiger partial charge in [-0.2, -0.15) is 5.10 Å². The predicted octanol–water partition coefficient (Wildman–Crippen LogP) is 6.78. The first-order valence-electron chi connectivity index (χ1n) is 14.4. The molecule has 0 amide bonds. The van der Waals surface area contributed by atoms with Crippen molar-refractivity contribution in [3.05, 3.63) is 119 Å². The van der Waals surface area contributed by atoms with Gasteiger partial charge < -0.3 is 24.4 Å². The lowest BCUT2D eigenvalue weighted by molar-refractivity contribution is 0.0600. The molecule has 0 fully saturated rings. The lowest BCUT2D eigenvalue weighted by Gasteiger charge is -2.40. The molecule has 5 aromatic rings. The average molecular weight is 599 g/mol. The van der Waals surface area contributed by atoms with E-state index in [0.29, 0.717) is 40.2 Å². The summed E-state index contributed by atoms with van der Waals surface area (Å²) in [5.41, 5.74) is 6.47. The van der Waals surface area contributed by atoms with Gasteiger partial charge in [0.1, 0.15) is 11.5 Å². The number of nitrogens with zero attached hydrogens (tertiary/aromatic N) is 5. The second-order valence-corrected chi connectivity index (χ2v) is 10.5. The van der Waals surface area contributed by atoms with Crippen molar-refractivity contribution in [2.75, 3.05) is 31.5 Å². The van der Waals surface area contributed by atoms with E-state index < -0.39 is 5.97 Å². The highest BCUT2D eigenvalue weighted by Crippen LogP contribution is 2.48. The molecule has 4 aromatic carbocycles. The number of anilines is 2. The molecule has 0 aliphatic carbocycles. The minimum absolute atomic E-state index is 0.345. The van der Waals surface area contributed by atoms with Crippen LogP contribution in [0.3, 0.4) is 0 Å². The van der Waals surface area contributed by atoms with Crippen LogP contribution in [0.4, 0.5) is 22.9 Å². The summed E-state index contributed by atoms with van der Waals surface area (Å²) in [6.45, 7) is 2.00. The molecule has 0 spiro atoms. The molecule has 7 rings (SSSR count). The third-order valence-electron chi connectivity index (χ3n) is 7.95. The van der Waals surface area contributed by atoms with Crippen molar-refractivity contribution in [3.63, 3.8) is 0 Å². The molecule has 0 bridgehead atoms. The Hall–Kier alpha value is -5.90. The summed E-state index contributed by atoms with van der Waals surface area (Å²) in [5, 5.41) is 8.48. The molecule has 1 atom stereocenters. The first-order valence-corrected chi connectivity index (χ1v) is 14.4. The molecular weight excluding hydrogens is 568 g/mol. The smallest absolute Gasteiger partial charge is 0.337 e. The first-order chi connectivity index (χ1) is 22.0. The number of para-hydroxylation sites is 3. The Morgan fingerprint density at radius 3 is 2.33 bits per heavy atom. The van der Waals surface area contributed by atoms with E-state index in [1.54, 1.807) is 26.4 Å². The fraction of sp³-hybridized carbons (Fsp3) is 0.143. The van der Waals surface area contributed by atoms with E-state index >= 15 is 0 Å². The molecule has 1 N–H and O–H groups in total. The number of rotatable bonds is 6. The van der Waals surface area contributed by atoms with Gasteiger partial charge in [0.15, 0.2) is 17.5 Å². The van der Waals surface area contributed by atoms with Crippen LogP contribution in [-0.4, -0.2) is 48.8 Å². The van der Waals surface area contributed by atoms with Gasteiger partial charge in [0.2, 0.25) is 0 Å². The van der Waals surface area contributed by atoms with Gasteiger partial charge in [-0.25, -0.2) is 19.5 Å². The summed E-state index contributed by atoms with van der Waals surface area (Å²) in [7, 11) is 4.61. The fourth-order valence-corrected chi connectivity index (χ4v) is 5.81. The van der Waals surface area contributed by atoms with E-state index in [-0.39, 0.29) is 6.04 Å². The van der Waals surface area contributed by atoms with Crippen molar-refractivity contribution in [1.82, 2.24) is 9.78 Å².